The van der Waals surface area contributed by atoms with Crippen LogP contribution in [0.25, 0.3) is 10.9 Å². The molecule has 1 aromatic carbocycles. The Kier molecular flexibility index (Phi) is 3.52. The van der Waals surface area contributed by atoms with Crippen molar-refractivity contribution >= 4 is 33.5 Å². The predicted molar refractivity (Wildman–Crippen MR) is 86.8 cm³/mol. The van der Waals surface area contributed by atoms with Gasteiger partial charge in [0.05, 0.1) is 21.3 Å². The number of benzene rings is 1. The average Bonchev–Trinajstić information content (AvgIpc) is 2.47. The lowest BCUT2D eigenvalue weighted by atomic mass is 10.2. The highest BCUT2D eigenvalue weighted by Crippen LogP contribution is 2.12. The Morgan fingerprint density at radius 1 is 1.20 bits per heavy atom. The summed E-state index contributed by atoms with van der Waals surface area (Å²) in [6.45, 7) is 2.28. The quantitative estimate of drug-likeness (QED) is 0.646. The third kappa shape index (κ3) is 2.45. The number of para-hydroxylation sites is 1. The highest BCUT2D eigenvalue weighted by molar-refractivity contribution is 14.1. The minimum absolute atomic E-state index is 0.0203. The van der Waals surface area contributed by atoms with E-state index >= 15 is 0 Å². The van der Waals surface area contributed by atoms with Crippen LogP contribution in [0.15, 0.2) is 47.4 Å². The Morgan fingerprint density at radius 2 is 2.00 bits per heavy atom. The van der Waals surface area contributed by atoms with Crippen LogP contribution in [0.5, 0.6) is 0 Å². The number of hydrogen-bond acceptors (Lipinski definition) is 3. The fourth-order valence-electron chi connectivity index (χ4n) is 2.10. The van der Waals surface area contributed by atoms with Gasteiger partial charge in [0.2, 0.25) is 0 Å². The molecule has 0 amide bonds. The van der Waals surface area contributed by atoms with Gasteiger partial charge in [0, 0.05) is 11.6 Å². The predicted octanol–water partition coefficient (Wildman–Crippen LogP) is 2.75. The number of halogens is 1. The number of hydrogen-bond donors (Lipinski definition) is 0. The Morgan fingerprint density at radius 3 is 2.85 bits per heavy atom. The number of aromatic nitrogens is 3. The molecule has 0 spiro atoms. The standard InChI is InChI=1S/C15H12IN3O/c1-10-17-8-13(16)15(20)19(10)9-12-7-6-11-4-2-3-5-14(11)18-12/h2-8H,9H2,1H3. The summed E-state index contributed by atoms with van der Waals surface area (Å²) >= 11 is 2.01. The van der Waals surface area contributed by atoms with Crippen molar-refractivity contribution in [3.8, 4) is 0 Å². The van der Waals surface area contributed by atoms with Crippen molar-refractivity contribution in [2.75, 3.05) is 0 Å². The largest absolute Gasteiger partial charge is 0.290 e. The molecule has 2 heterocycles. The monoisotopic (exact) mass is 377 g/mol. The molecule has 0 saturated carbocycles. The summed E-state index contributed by atoms with van der Waals surface area (Å²) in [5.74, 6) is 0.699. The molecule has 0 saturated heterocycles. The summed E-state index contributed by atoms with van der Waals surface area (Å²) in [6.07, 6.45) is 1.60. The van der Waals surface area contributed by atoms with E-state index in [9.17, 15) is 4.79 Å². The van der Waals surface area contributed by atoms with Crippen molar-refractivity contribution in [2.24, 2.45) is 0 Å². The summed E-state index contributed by atoms with van der Waals surface area (Å²) in [6, 6.07) is 11.9. The lowest BCUT2D eigenvalue weighted by Crippen LogP contribution is -2.26. The summed E-state index contributed by atoms with van der Waals surface area (Å²) in [5.41, 5.74) is 1.78. The van der Waals surface area contributed by atoms with Gasteiger partial charge in [-0.15, -0.1) is 0 Å². The van der Waals surface area contributed by atoms with Crippen LogP contribution in [0.2, 0.25) is 0 Å². The normalized spacial score (nSPS) is 10.9. The molecule has 2 aromatic heterocycles. The molecule has 0 radical (unpaired) electrons. The van der Waals surface area contributed by atoms with Crippen LogP contribution < -0.4 is 5.56 Å². The molecule has 20 heavy (non-hydrogen) atoms. The zero-order valence-corrected chi connectivity index (χ0v) is 13.0. The van der Waals surface area contributed by atoms with E-state index in [1.807, 2.05) is 65.9 Å². The van der Waals surface area contributed by atoms with Crippen LogP contribution in [-0.4, -0.2) is 14.5 Å². The number of nitrogens with zero attached hydrogens (tertiary/aromatic N) is 3. The van der Waals surface area contributed by atoms with Crippen LogP contribution in [0.3, 0.4) is 0 Å². The lowest BCUT2D eigenvalue weighted by Gasteiger charge is -2.09. The highest BCUT2D eigenvalue weighted by atomic mass is 127. The van der Waals surface area contributed by atoms with Crippen molar-refractivity contribution in [2.45, 2.75) is 13.5 Å². The summed E-state index contributed by atoms with van der Waals surface area (Å²) in [7, 11) is 0. The van der Waals surface area contributed by atoms with E-state index in [0.717, 1.165) is 16.6 Å². The molecular formula is C15H12IN3O. The van der Waals surface area contributed by atoms with Crippen molar-refractivity contribution in [3.05, 3.63) is 68.0 Å². The van der Waals surface area contributed by atoms with Gasteiger partial charge in [0.15, 0.2) is 0 Å². The fraction of sp³-hybridized carbons (Fsp3) is 0.133. The minimum atomic E-state index is -0.0203. The van der Waals surface area contributed by atoms with E-state index in [1.54, 1.807) is 10.8 Å². The number of aryl methyl sites for hydroxylation is 1. The lowest BCUT2D eigenvalue weighted by molar-refractivity contribution is 0.683. The molecule has 4 nitrogen and oxygen atoms in total. The van der Waals surface area contributed by atoms with Gasteiger partial charge in [-0.05, 0) is 41.6 Å². The molecule has 0 fully saturated rings. The Balaban J connectivity index is 2.05. The van der Waals surface area contributed by atoms with Gasteiger partial charge >= 0.3 is 0 Å². The SMILES string of the molecule is Cc1ncc(I)c(=O)n1Cc1ccc2ccccc2n1. The van der Waals surface area contributed by atoms with E-state index in [0.29, 0.717) is 15.9 Å². The zero-order valence-electron chi connectivity index (χ0n) is 10.9. The Labute approximate surface area is 129 Å². The molecule has 0 aliphatic rings. The molecule has 0 atom stereocenters. The molecule has 0 aliphatic carbocycles. The number of pyridine rings is 1. The van der Waals surface area contributed by atoms with E-state index in [2.05, 4.69) is 9.97 Å². The molecule has 100 valence electrons. The van der Waals surface area contributed by atoms with Gasteiger partial charge < -0.3 is 0 Å². The number of rotatable bonds is 2. The van der Waals surface area contributed by atoms with Gasteiger partial charge in [-0.3, -0.25) is 14.3 Å². The topological polar surface area (TPSA) is 47.8 Å². The van der Waals surface area contributed by atoms with Gasteiger partial charge in [0.1, 0.15) is 5.82 Å². The summed E-state index contributed by atoms with van der Waals surface area (Å²) in [4.78, 5) is 21.0. The highest BCUT2D eigenvalue weighted by Gasteiger charge is 2.07. The molecule has 0 unspecified atom stereocenters. The maximum absolute atomic E-state index is 12.1. The second-order valence-corrected chi connectivity index (χ2v) is 5.70. The first kappa shape index (κ1) is 13.2. The maximum atomic E-state index is 12.1. The molecule has 0 N–H and O–H groups in total. The maximum Gasteiger partial charge on any atom is 0.267 e. The van der Waals surface area contributed by atoms with Crippen molar-refractivity contribution in [1.29, 1.82) is 0 Å². The molecular weight excluding hydrogens is 365 g/mol. The van der Waals surface area contributed by atoms with Crippen LogP contribution in [0, 0.1) is 10.5 Å². The summed E-state index contributed by atoms with van der Waals surface area (Å²) < 4.78 is 2.27. The number of fused-ring (bicyclic) bond motifs is 1. The van der Waals surface area contributed by atoms with Crippen molar-refractivity contribution in [3.63, 3.8) is 0 Å². The second-order valence-electron chi connectivity index (χ2n) is 4.54. The van der Waals surface area contributed by atoms with E-state index in [4.69, 9.17) is 0 Å². The van der Waals surface area contributed by atoms with Crippen LogP contribution in [-0.2, 0) is 6.54 Å². The van der Waals surface area contributed by atoms with Crippen molar-refractivity contribution in [1.82, 2.24) is 14.5 Å². The molecule has 3 rings (SSSR count). The van der Waals surface area contributed by atoms with Crippen LogP contribution in [0.1, 0.15) is 11.5 Å². The fourth-order valence-corrected chi connectivity index (χ4v) is 2.53. The first-order valence-electron chi connectivity index (χ1n) is 6.22. The van der Waals surface area contributed by atoms with Crippen molar-refractivity contribution < 1.29 is 0 Å². The third-order valence-electron chi connectivity index (χ3n) is 3.18. The third-order valence-corrected chi connectivity index (χ3v) is 3.92. The molecule has 0 aliphatic heterocycles. The molecule has 5 heteroatoms. The van der Waals surface area contributed by atoms with Gasteiger partial charge in [-0.1, -0.05) is 24.3 Å². The van der Waals surface area contributed by atoms with E-state index in [1.165, 1.54) is 0 Å². The Hall–Kier alpha value is -1.76. The van der Waals surface area contributed by atoms with Crippen LogP contribution >= 0.6 is 22.6 Å². The smallest absolute Gasteiger partial charge is 0.267 e. The van der Waals surface area contributed by atoms with Gasteiger partial charge in [-0.2, -0.15) is 0 Å². The molecule has 3 aromatic rings. The minimum Gasteiger partial charge on any atom is -0.290 e. The van der Waals surface area contributed by atoms with E-state index < -0.39 is 0 Å². The first-order valence-corrected chi connectivity index (χ1v) is 7.29. The molecule has 0 bridgehead atoms. The first-order chi connectivity index (χ1) is 9.65. The average molecular weight is 377 g/mol. The zero-order chi connectivity index (χ0) is 14.1. The van der Waals surface area contributed by atoms with Gasteiger partial charge in [-0.25, -0.2) is 4.98 Å². The summed E-state index contributed by atoms with van der Waals surface area (Å²) in [5, 5.41) is 1.10. The Bertz CT molecular complexity index is 842. The van der Waals surface area contributed by atoms with Crippen LogP contribution in [0.4, 0.5) is 0 Å². The second kappa shape index (κ2) is 5.32. The van der Waals surface area contributed by atoms with Gasteiger partial charge in [0.25, 0.3) is 5.56 Å². The van der Waals surface area contributed by atoms with E-state index in [-0.39, 0.29) is 5.56 Å².